The molecule has 1 heterocycles. The van der Waals surface area contributed by atoms with Crippen molar-refractivity contribution in [1.82, 2.24) is 10.2 Å². The third kappa shape index (κ3) is 4.85. The van der Waals surface area contributed by atoms with E-state index in [2.05, 4.69) is 26.1 Å². The van der Waals surface area contributed by atoms with Crippen molar-refractivity contribution in [2.75, 3.05) is 26.7 Å². The van der Waals surface area contributed by atoms with Gasteiger partial charge in [0.15, 0.2) is 0 Å². The minimum atomic E-state index is -0.379. The third-order valence-corrected chi connectivity index (χ3v) is 4.79. The number of hydrogen-bond donors (Lipinski definition) is 2. The van der Waals surface area contributed by atoms with Gasteiger partial charge in [0.05, 0.1) is 12.2 Å². The van der Waals surface area contributed by atoms with Gasteiger partial charge in [0.1, 0.15) is 0 Å². The Morgan fingerprint density at radius 3 is 2.64 bits per heavy atom. The third-order valence-electron chi connectivity index (χ3n) is 4.79. The Balaban J connectivity index is 1.78. The first-order chi connectivity index (χ1) is 10.3. The highest BCUT2D eigenvalue weighted by Crippen LogP contribution is 2.34. The van der Waals surface area contributed by atoms with Crippen LogP contribution in [-0.4, -0.2) is 55.0 Å². The number of rotatable bonds is 5. The smallest absolute Gasteiger partial charge is 0.317 e. The van der Waals surface area contributed by atoms with Crippen LogP contribution in [0, 0.1) is 17.3 Å². The quantitative estimate of drug-likeness (QED) is 0.818. The molecule has 0 bridgehead atoms. The maximum absolute atomic E-state index is 12.2. The van der Waals surface area contributed by atoms with E-state index in [1.54, 1.807) is 11.9 Å². The number of aliphatic hydroxyl groups is 1. The average molecular weight is 312 g/mol. The van der Waals surface area contributed by atoms with Crippen LogP contribution in [0.4, 0.5) is 4.79 Å². The molecule has 1 aliphatic heterocycles. The van der Waals surface area contributed by atoms with E-state index in [9.17, 15) is 9.90 Å². The first-order valence-electron chi connectivity index (χ1n) is 8.57. The van der Waals surface area contributed by atoms with Gasteiger partial charge in [-0.25, -0.2) is 4.79 Å². The molecule has 1 saturated carbocycles. The molecule has 2 amide bonds. The Hall–Kier alpha value is -0.810. The Kier molecular flexibility index (Phi) is 5.72. The van der Waals surface area contributed by atoms with Crippen LogP contribution in [0.15, 0.2) is 0 Å². The summed E-state index contributed by atoms with van der Waals surface area (Å²) in [5.74, 6) is 0.756. The van der Waals surface area contributed by atoms with Crippen LogP contribution >= 0.6 is 0 Å². The summed E-state index contributed by atoms with van der Waals surface area (Å²) in [6, 6.07) is -0.0991. The Morgan fingerprint density at radius 2 is 2.05 bits per heavy atom. The van der Waals surface area contributed by atoms with E-state index in [1.165, 1.54) is 0 Å². The molecule has 1 aliphatic carbocycles. The number of carbonyl (C=O) groups is 1. The minimum absolute atomic E-state index is 0.0872. The van der Waals surface area contributed by atoms with E-state index < -0.39 is 0 Å². The van der Waals surface area contributed by atoms with Crippen molar-refractivity contribution in [1.29, 1.82) is 0 Å². The zero-order valence-electron chi connectivity index (χ0n) is 14.5. The molecule has 22 heavy (non-hydrogen) atoms. The molecule has 2 N–H and O–H groups in total. The van der Waals surface area contributed by atoms with Crippen LogP contribution in [0.1, 0.15) is 46.5 Å². The van der Waals surface area contributed by atoms with Crippen LogP contribution in [0.25, 0.3) is 0 Å². The van der Waals surface area contributed by atoms with Gasteiger partial charge in [-0.3, -0.25) is 0 Å². The molecule has 1 saturated heterocycles. The summed E-state index contributed by atoms with van der Waals surface area (Å²) in [6.45, 7) is 8.45. The molecule has 0 radical (unpaired) electrons. The number of carbonyl (C=O) groups excluding carboxylic acids is 1. The van der Waals surface area contributed by atoms with Crippen molar-refractivity contribution in [3.63, 3.8) is 0 Å². The van der Waals surface area contributed by atoms with Gasteiger partial charge in [0, 0.05) is 32.7 Å². The van der Waals surface area contributed by atoms with Gasteiger partial charge < -0.3 is 20.1 Å². The Labute approximate surface area is 134 Å². The first kappa shape index (κ1) is 17.5. The van der Waals surface area contributed by atoms with Crippen molar-refractivity contribution in [3.8, 4) is 0 Å². The number of ether oxygens (including phenoxy) is 1. The number of amides is 2. The van der Waals surface area contributed by atoms with Crippen molar-refractivity contribution in [2.24, 2.45) is 17.3 Å². The van der Waals surface area contributed by atoms with E-state index in [1.807, 2.05) is 0 Å². The molecule has 3 atom stereocenters. The van der Waals surface area contributed by atoms with Gasteiger partial charge >= 0.3 is 6.03 Å². The van der Waals surface area contributed by atoms with Crippen molar-refractivity contribution >= 4 is 6.03 Å². The van der Waals surface area contributed by atoms with E-state index >= 15 is 0 Å². The molecular weight excluding hydrogens is 280 g/mol. The second-order valence-electron chi connectivity index (χ2n) is 8.03. The van der Waals surface area contributed by atoms with E-state index in [0.29, 0.717) is 24.9 Å². The SMILES string of the molecule is CN(CC(O)C1CC1)C(=O)NCC1CCCOC1C(C)(C)C. The molecule has 5 heteroatoms. The lowest BCUT2D eigenvalue weighted by Crippen LogP contribution is -2.48. The van der Waals surface area contributed by atoms with Crippen LogP contribution < -0.4 is 5.32 Å². The largest absolute Gasteiger partial charge is 0.391 e. The maximum atomic E-state index is 12.2. The highest BCUT2D eigenvalue weighted by molar-refractivity contribution is 5.73. The monoisotopic (exact) mass is 312 g/mol. The maximum Gasteiger partial charge on any atom is 0.317 e. The van der Waals surface area contributed by atoms with E-state index in [4.69, 9.17) is 4.74 Å². The number of likely N-dealkylation sites (N-methyl/N-ethyl adjacent to an activating group) is 1. The fourth-order valence-corrected chi connectivity index (χ4v) is 3.36. The summed E-state index contributed by atoms with van der Waals surface area (Å²) in [6.07, 6.45) is 4.13. The average Bonchev–Trinajstić information content (AvgIpc) is 3.28. The second-order valence-corrected chi connectivity index (χ2v) is 8.03. The molecule has 2 aliphatic rings. The molecule has 0 aromatic rings. The number of hydrogen-bond acceptors (Lipinski definition) is 3. The molecule has 2 fully saturated rings. The van der Waals surface area contributed by atoms with Crippen molar-refractivity contribution in [3.05, 3.63) is 0 Å². The summed E-state index contributed by atoms with van der Waals surface area (Å²) in [5.41, 5.74) is 0.0872. The van der Waals surface area contributed by atoms with Gasteiger partial charge in [-0.2, -0.15) is 0 Å². The van der Waals surface area contributed by atoms with Crippen molar-refractivity contribution < 1.29 is 14.6 Å². The number of urea groups is 1. The Morgan fingerprint density at radius 1 is 1.36 bits per heavy atom. The molecule has 0 aromatic heterocycles. The van der Waals surface area contributed by atoms with Gasteiger partial charge in [-0.1, -0.05) is 20.8 Å². The van der Waals surface area contributed by atoms with Gasteiger partial charge in [0.25, 0.3) is 0 Å². The van der Waals surface area contributed by atoms with Crippen molar-refractivity contribution in [2.45, 2.75) is 58.7 Å². The highest BCUT2D eigenvalue weighted by Gasteiger charge is 2.36. The predicted molar refractivity (Wildman–Crippen MR) is 86.7 cm³/mol. The zero-order chi connectivity index (χ0) is 16.3. The van der Waals surface area contributed by atoms with Crippen LogP contribution in [0.2, 0.25) is 0 Å². The standard InChI is InChI=1S/C17H32N2O3/c1-17(2,3)15-13(6-5-9-22-15)10-18-16(21)19(4)11-14(20)12-7-8-12/h12-15,20H,5-11H2,1-4H3,(H,18,21). The molecule has 128 valence electrons. The minimum Gasteiger partial charge on any atom is -0.391 e. The Bertz CT molecular complexity index is 377. The van der Waals surface area contributed by atoms with E-state index in [0.717, 1.165) is 32.3 Å². The number of aliphatic hydroxyl groups excluding tert-OH is 1. The lowest BCUT2D eigenvalue weighted by atomic mass is 9.78. The molecule has 2 rings (SSSR count). The molecular formula is C17H32N2O3. The molecule has 0 spiro atoms. The topological polar surface area (TPSA) is 61.8 Å². The fraction of sp³-hybridized carbons (Fsp3) is 0.941. The lowest BCUT2D eigenvalue weighted by Gasteiger charge is -2.40. The summed E-state index contributed by atoms with van der Waals surface area (Å²) >= 11 is 0. The molecule has 3 unspecified atom stereocenters. The number of nitrogens with one attached hydrogen (secondary N) is 1. The summed E-state index contributed by atoms with van der Waals surface area (Å²) in [7, 11) is 1.75. The van der Waals surface area contributed by atoms with Gasteiger partial charge in [0.2, 0.25) is 0 Å². The summed E-state index contributed by atoms with van der Waals surface area (Å²) in [4.78, 5) is 13.8. The second kappa shape index (κ2) is 7.18. The summed E-state index contributed by atoms with van der Waals surface area (Å²) < 4.78 is 5.95. The highest BCUT2D eigenvalue weighted by atomic mass is 16.5. The molecule has 5 nitrogen and oxygen atoms in total. The van der Waals surface area contributed by atoms with E-state index in [-0.39, 0.29) is 23.7 Å². The number of nitrogens with zero attached hydrogens (tertiary/aromatic N) is 1. The van der Waals surface area contributed by atoms with Crippen LogP contribution in [0.5, 0.6) is 0 Å². The first-order valence-corrected chi connectivity index (χ1v) is 8.57. The zero-order valence-corrected chi connectivity index (χ0v) is 14.5. The van der Waals surface area contributed by atoms with Gasteiger partial charge in [-0.05, 0) is 37.0 Å². The fourth-order valence-electron chi connectivity index (χ4n) is 3.36. The van der Waals surface area contributed by atoms with Crippen LogP contribution in [-0.2, 0) is 4.74 Å². The van der Waals surface area contributed by atoms with Gasteiger partial charge in [-0.15, -0.1) is 0 Å². The molecule has 0 aromatic carbocycles. The van der Waals surface area contributed by atoms with Crippen LogP contribution in [0.3, 0.4) is 0 Å². The lowest BCUT2D eigenvalue weighted by molar-refractivity contribution is -0.0839. The summed E-state index contributed by atoms with van der Waals surface area (Å²) in [5, 5.41) is 12.9. The normalized spacial score (nSPS) is 27.3. The predicted octanol–water partition coefficient (Wildman–Crippen LogP) is 2.24.